The second kappa shape index (κ2) is 3.54. The zero-order chi connectivity index (χ0) is 5.70. The first-order chi connectivity index (χ1) is 3.27. The second-order valence-corrected chi connectivity index (χ2v) is 3.10. The zero-order valence-corrected chi connectivity index (χ0v) is 5.22. The van der Waals surface area contributed by atoms with Gasteiger partial charge in [-0.2, -0.15) is 11.8 Å². The van der Waals surface area contributed by atoms with Crippen LogP contribution in [0, 0.1) is 0 Å². The summed E-state index contributed by atoms with van der Waals surface area (Å²) >= 11 is 1.84. The predicted octanol–water partition coefficient (Wildman–Crippen LogP) is 2.15. The van der Waals surface area contributed by atoms with Crippen LogP contribution in [0.1, 0.15) is 22.1 Å². The first-order valence-corrected chi connectivity index (χ1v) is 3.23. The normalized spacial score (nSPS) is 12.2. The lowest BCUT2D eigenvalue weighted by Crippen LogP contribution is -1.84. The van der Waals surface area contributed by atoms with Gasteiger partial charge in [-0.3, -0.25) is 0 Å². The molecule has 0 aromatic heterocycles. The van der Waals surface area contributed by atoms with E-state index < -0.39 is 0 Å². The van der Waals surface area contributed by atoms with Gasteiger partial charge in [-0.15, -0.1) is 0 Å². The summed E-state index contributed by atoms with van der Waals surface area (Å²) in [5.74, 6) is 0.984. The molecule has 1 heteroatoms. The summed E-state index contributed by atoms with van der Waals surface area (Å²) in [7, 11) is 0. The lowest BCUT2D eigenvalue weighted by atomic mass is 10.6. The maximum Gasteiger partial charge on any atom is 0.0239 e. The Morgan fingerprint density at radius 3 is 2.67 bits per heavy atom. The highest BCUT2D eigenvalue weighted by molar-refractivity contribution is 7.99. The summed E-state index contributed by atoms with van der Waals surface area (Å²) in [6.07, 6.45) is 0. The Balaban J connectivity index is 2.68. The van der Waals surface area contributed by atoms with Gasteiger partial charge in [0.1, 0.15) is 0 Å². The summed E-state index contributed by atoms with van der Waals surface area (Å²) in [5.41, 5.74) is 0. The molecule has 0 rings (SSSR count). The molecule has 0 fully saturated rings. The van der Waals surface area contributed by atoms with Gasteiger partial charge in [-0.25, -0.2) is 0 Å². The molecule has 0 unspecified atom stereocenters. The Hall–Kier alpha value is 0.350. The number of hydrogen-bond acceptors (Lipinski definition) is 1. The van der Waals surface area contributed by atoms with Gasteiger partial charge < -0.3 is 0 Å². The monoisotopic (exact) mass is 105 g/mol. The van der Waals surface area contributed by atoms with Gasteiger partial charge in [0.25, 0.3) is 0 Å². The predicted molar refractivity (Wildman–Crippen MR) is 33.3 cm³/mol. The van der Waals surface area contributed by atoms with Crippen molar-refractivity contribution in [2.45, 2.75) is 26.0 Å². The summed E-state index contributed by atoms with van der Waals surface area (Å²) in [5, 5.41) is 0.699. The number of rotatable bonds is 2. The van der Waals surface area contributed by atoms with E-state index >= 15 is 0 Å². The maximum atomic E-state index is 6.78. The standard InChI is InChI=1S/C5H12S/c1-4-6-5(2)3/h5H,4H2,1-3H3/i1D. The molecule has 0 saturated heterocycles. The first-order valence-electron chi connectivity index (χ1n) is 2.89. The highest BCUT2D eigenvalue weighted by Crippen LogP contribution is 2.05. The largest absolute Gasteiger partial charge is 0.159 e. The minimum atomic E-state index is 0.558. The van der Waals surface area contributed by atoms with Crippen LogP contribution in [-0.4, -0.2) is 11.0 Å². The molecule has 0 bridgehead atoms. The van der Waals surface area contributed by atoms with Crippen LogP contribution in [0.3, 0.4) is 0 Å². The van der Waals surface area contributed by atoms with Crippen LogP contribution in [0.25, 0.3) is 0 Å². The quantitative estimate of drug-likeness (QED) is 0.518. The van der Waals surface area contributed by atoms with Crippen molar-refractivity contribution in [2.75, 3.05) is 5.75 Å². The molecule has 0 heterocycles. The van der Waals surface area contributed by atoms with Gasteiger partial charge in [0.2, 0.25) is 0 Å². The van der Waals surface area contributed by atoms with Gasteiger partial charge in [0.15, 0.2) is 0 Å². The molecular formula is C5H12S. The summed E-state index contributed by atoms with van der Waals surface area (Å²) in [4.78, 5) is 0. The SMILES string of the molecule is [2H]CCSC(C)C. The molecule has 0 nitrogen and oxygen atoms in total. The van der Waals surface area contributed by atoms with Crippen LogP contribution < -0.4 is 0 Å². The van der Waals surface area contributed by atoms with Crippen LogP contribution in [0.2, 0.25) is 0 Å². The summed E-state index contributed by atoms with van der Waals surface area (Å²) in [6, 6.07) is 0. The average Bonchev–Trinajstić information content (AvgIpc) is 1.61. The highest BCUT2D eigenvalue weighted by atomic mass is 32.2. The van der Waals surface area contributed by atoms with E-state index in [1.165, 1.54) is 0 Å². The Kier molecular flexibility index (Phi) is 2.66. The lowest BCUT2D eigenvalue weighted by molar-refractivity contribution is 1.11. The van der Waals surface area contributed by atoms with Crippen LogP contribution in [0.15, 0.2) is 0 Å². The Bertz CT molecular complexity index is 37.1. The van der Waals surface area contributed by atoms with Crippen molar-refractivity contribution in [1.29, 1.82) is 0 Å². The van der Waals surface area contributed by atoms with E-state index in [2.05, 4.69) is 13.8 Å². The van der Waals surface area contributed by atoms with Gasteiger partial charge in [-0.05, 0) is 11.0 Å². The smallest absolute Gasteiger partial charge is 0.0239 e. The van der Waals surface area contributed by atoms with Crippen LogP contribution >= 0.6 is 11.8 Å². The van der Waals surface area contributed by atoms with Crippen molar-refractivity contribution in [3.63, 3.8) is 0 Å². The summed E-state index contributed by atoms with van der Waals surface area (Å²) < 4.78 is 6.78. The van der Waals surface area contributed by atoms with Crippen molar-refractivity contribution >= 4 is 11.8 Å². The average molecular weight is 105 g/mol. The molecule has 0 aromatic carbocycles. The second-order valence-electron chi connectivity index (χ2n) is 1.42. The van der Waals surface area contributed by atoms with Crippen molar-refractivity contribution in [3.05, 3.63) is 0 Å². The number of hydrogen-bond donors (Lipinski definition) is 0. The molecule has 0 atom stereocenters. The highest BCUT2D eigenvalue weighted by Gasteiger charge is 1.85. The van der Waals surface area contributed by atoms with E-state index in [-0.39, 0.29) is 0 Å². The van der Waals surface area contributed by atoms with Gasteiger partial charge in [0.05, 0.1) is 0 Å². The molecule has 38 valence electrons. The molecule has 0 radical (unpaired) electrons. The van der Waals surface area contributed by atoms with E-state index in [0.717, 1.165) is 5.75 Å². The van der Waals surface area contributed by atoms with Crippen LogP contribution in [0.4, 0.5) is 0 Å². The van der Waals surface area contributed by atoms with Gasteiger partial charge in [-0.1, -0.05) is 20.7 Å². The van der Waals surface area contributed by atoms with Crippen LogP contribution in [0.5, 0.6) is 0 Å². The molecule has 0 N–H and O–H groups in total. The van der Waals surface area contributed by atoms with E-state index in [4.69, 9.17) is 1.37 Å². The topological polar surface area (TPSA) is 0 Å². The molecule has 0 amide bonds. The lowest BCUT2D eigenvalue weighted by Gasteiger charge is -1.96. The molecule has 0 spiro atoms. The zero-order valence-electron chi connectivity index (χ0n) is 5.40. The first kappa shape index (κ1) is 4.51. The fourth-order valence-corrected chi connectivity index (χ4v) is 0.707. The fourth-order valence-electron chi connectivity index (χ4n) is 0.236. The maximum absolute atomic E-state index is 6.78. The third kappa shape index (κ3) is 4.35. The third-order valence-corrected chi connectivity index (χ3v) is 1.35. The Morgan fingerprint density at radius 2 is 2.50 bits per heavy atom. The minimum Gasteiger partial charge on any atom is -0.159 e. The molecule has 6 heavy (non-hydrogen) atoms. The molecular weight excluding hydrogens is 92.1 g/mol. The molecule has 0 aliphatic heterocycles. The van der Waals surface area contributed by atoms with Crippen molar-refractivity contribution in [3.8, 4) is 0 Å². The van der Waals surface area contributed by atoms with Gasteiger partial charge in [0, 0.05) is 1.37 Å². The molecule has 0 aliphatic carbocycles. The van der Waals surface area contributed by atoms with E-state index in [1.54, 1.807) is 0 Å². The fraction of sp³-hybridized carbons (Fsp3) is 1.00. The minimum absolute atomic E-state index is 0.558. The van der Waals surface area contributed by atoms with E-state index in [1.807, 2.05) is 11.8 Å². The van der Waals surface area contributed by atoms with Crippen molar-refractivity contribution in [2.24, 2.45) is 0 Å². The Morgan fingerprint density at radius 1 is 1.83 bits per heavy atom. The molecule has 0 saturated carbocycles. The van der Waals surface area contributed by atoms with Crippen LogP contribution in [-0.2, 0) is 0 Å². The van der Waals surface area contributed by atoms with Crippen molar-refractivity contribution in [1.82, 2.24) is 0 Å². The molecule has 0 aliphatic rings. The van der Waals surface area contributed by atoms with Crippen molar-refractivity contribution < 1.29 is 1.37 Å². The van der Waals surface area contributed by atoms with E-state index in [0.29, 0.717) is 12.1 Å². The molecule has 0 aromatic rings. The van der Waals surface area contributed by atoms with Gasteiger partial charge >= 0.3 is 0 Å². The third-order valence-electron chi connectivity index (χ3n) is 0.451. The van der Waals surface area contributed by atoms with E-state index in [9.17, 15) is 0 Å². The Labute approximate surface area is 45.7 Å². The summed E-state index contributed by atoms with van der Waals surface area (Å²) in [6.45, 7) is 4.86. The number of thioether (sulfide) groups is 1.